The summed E-state index contributed by atoms with van der Waals surface area (Å²) in [4.78, 5) is 5.68. The highest BCUT2D eigenvalue weighted by Gasteiger charge is 2.19. The molecule has 0 amide bonds. The van der Waals surface area contributed by atoms with Crippen molar-refractivity contribution in [2.45, 2.75) is 32.2 Å². The Morgan fingerprint density at radius 1 is 1.69 bits per heavy atom. The van der Waals surface area contributed by atoms with Crippen molar-refractivity contribution in [3.63, 3.8) is 0 Å². The number of amidine groups is 1. The van der Waals surface area contributed by atoms with E-state index >= 15 is 0 Å². The SMILES string of the molecule is CCCC1Cc2ccsc2C(N)=N1. The fourth-order valence-electron chi connectivity index (χ4n) is 1.78. The van der Waals surface area contributed by atoms with Gasteiger partial charge in [0, 0.05) is 0 Å². The molecule has 2 N–H and O–H groups in total. The molecule has 0 saturated carbocycles. The van der Waals surface area contributed by atoms with Crippen molar-refractivity contribution < 1.29 is 0 Å². The van der Waals surface area contributed by atoms with Crippen LogP contribution >= 0.6 is 11.3 Å². The van der Waals surface area contributed by atoms with Crippen LogP contribution < -0.4 is 5.73 Å². The van der Waals surface area contributed by atoms with Gasteiger partial charge < -0.3 is 5.73 Å². The predicted octanol–water partition coefficient (Wildman–Crippen LogP) is 2.18. The zero-order chi connectivity index (χ0) is 9.26. The molecule has 1 aromatic rings. The minimum absolute atomic E-state index is 0.423. The van der Waals surface area contributed by atoms with Gasteiger partial charge in [0.2, 0.25) is 0 Å². The Balaban J connectivity index is 2.24. The van der Waals surface area contributed by atoms with Crippen LogP contribution in [0.5, 0.6) is 0 Å². The van der Waals surface area contributed by atoms with Gasteiger partial charge in [-0.05, 0) is 29.9 Å². The number of nitrogens with zero attached hydrogens (tertiary/aromatic N) is 1. The van der Waals surface area contributed by atoms with Crippen LogP contribution in [0.3, 0.4) is 0 Å². The highest BCUT2D eigenvalue weighted by atomic mass is 32.1. The normalized spacial score (nSPS) is 21.0. The molecule has 1 unspecified atom stereocenters. The maximum absolute atomic E-state index is 5.87. The first-order valence-electron chi connectivity index (χ1n) is 4.71. The smallest absolute Gasteiger partial charge is 0.136 e. The second-order valence-electron chi connectivity index (χ2n) is 3.44. The first-order chi connectivity index (χ1) is 6.31. The molecular formula is C10H14N2S. The maximum Gasteiger partial charge on any atom is 0.136 e. The lowest BCUT2D eigenvalue weighted by Gasteiger charge is -2.17. The van der Waals surface area contributed by atoms with Gasteiger partial charge in [-0.25, -0.2) is 0 Å². The molecule has 1 aliphatic heterocycles. The summed E-state index contributed by atoms with van der Waals surface area (Å²) in [6, 6.07) is 2.59. The van der Waals surface area contributed by atoms with Crippen molar-refractivity contribution in [1.29, 1.82) is 0 Å². The molecule has 0 aromatic carbocycles. The largest absolute Gasteiger partial charge is 0.383 e. The number of aliphatic imine (C=N–C) groups is 1. The first kappa shape index (κ1) is 8.75. The van der Waals surface area contributed by atoms with E-state index in [1.165, 1.54) is 16.9 Å². The lowest BCUT2D eigenvalue weighted by atomic mass is 10.0. The summed E-state index contributed by atoms with van der Waals surface area (Å²) >= 11 is 1.70. The van der Waals surface area contributed by atoms with E-state index in [9.17, 15) is 0 Å². The van der Waals surface area contributed by atoms with Crippen LogP contribution in [0.2, 0.25) is 0 Å². The minimum Gasteiger partial charge on any atom is -0.383 e. The monoisotopic (exact) mass is 194 g/mol. The van der Waals surface area contributed by atoms with Gasteiger partial charge in [0.1, 0.15) is 5.84 Å². The predicted molar refractivity (Wildman–Crippen MR) is 57.4 cm³/mol. The molecule has 1 aromatic heterocycles. The molecule has 1 atom stereocenters. The van der Waals surface area contributed by atoms with Gasteiger partial charge in [-0.15, -0.1) is 11.3 Å². The molecule has 0 bridgehead atoms. The lowest BCUT2D eigenvalue weighted by molar-refractivity contribution is 0.597. The Kier molecular flexibility index (Phi) is 2.36. The van der Waals surface area contributed by atoms with E-state index in [1.807, 2.05) is 0 Å². The second-order valence-corrected chi connectivity index (χ2v) is 4.35. The number of hydrogen-bond acceptors (Lipinski definition) is 3. The molecule has 2 nitrogen and oxygen atoms in total. The Hall–Kier alpha value is -0.830. The van der Waals surface area contributed by atoms with E-state index < -0.39 is 0 Å². The fraction of sp³-hybridized carbons (Fsp3) is 0.500. The second kappa shape index (κ2) is 3.50. The fourth-order valence-corrected chi connectivity index (χ4v) is 2.62. The summed E-state index contributed by atoms with van der Waals surface area (Å²) < 4.78 is 0. The summed E-state index contributed by atoms with van der Waals surface area (Å²) in [5.41, 5.74) is 7.26. The third kappa shape index (κ3) is 1.61. The van der Waals surface area contributed by atoms with E-state index in [0.29, 0.717) is 6.04 Å². The Labute approximate surface area is 82.5 Å². The van der Waals surface area contributed by atoms with Crippen LogP contribution in [0.15, 0.2) is 16.4 Å². The summed E-state index contributed by atoms with van der Waals surface area (Å²) in [6.45, 7) is 2.19. The molecule has 0 saturated heterocycles. The number of thiophene rings is 1. The van der Waals surface area contributed by atoms with Gasteiger partial charge in [0.25, 0.3) is 0 Å². The molecule has 13 heavy (non-hydrogen) atoms. The zero-order valence-corrected chi connectivity index (χ0v) is 8.60. The third-order valence-corrected chi connectivity index (χ3v) is 3.36. The Morgan fingerprint density at radius 3 is 3.31 bits per heavy atom. The van der Waals surface area contributed by atoms with Gasteiger partial charge in [0.15, 0.2) is 0 Å². The van der Waals surface area contributed by atoms with Crippen LogP contribution in [0.25, 0.3) is 0 Å². The zero-order valence-electron chi connectivity index (χ0n) is 7.79. The van der Waals surface area contributed by atoms with Crippen LogP contribution in [-0.2, 0) is 6.42 Å². The van der Waals surface area contributed by atoms with E-state index in [-0.39, 0.29) is 0 Å². The quantitative estimate of drug-likeness (QED) is 0.770. The molecule has 2 heterocycles. The first-order valence-corrected chi connectivity index (χ1v) is 5.59. The van der Waals surface area contributed by atoms with Crippen molar-refractivity contribution >= 4 is 17.2 Å². The summed E-state index contributed by atoms with van der Waals surface area (Å²) in [7, 11) is 0. The summed E-state index contributed by atoms with van der Waals surface area (Å²) in [5.74, 6) is 0.745. The molecule has 3 heteroatoms. The Morgan fingerprint density at radius 2 is 2.54 bits per heavy atom. The average Bonchev–Trinajstić information content (AvgIpc) is 2.53. The average molecular weight is 194 g/mol. The highest BCUT2D eigenvalue weighted by Crippen LogP contribution is 2.24. The van der Waals surface area contributed by atoms with Crippen LogP contribution in [0.4, 0.5) is 0 Å². The van der Waals surface area contributed by atoms with Gasteiger partial charge >= 0.3 is 0 Å². The molecule has 0 radical (unpaired) electrons. The van der Waals surface area contributed by atoms with Crippen LogP contribution in [-0.4, -0.2) is 11.9 Å². The van der Waals surface area contributed by atoms with E-state index in [0.717, 1.165) is 18.7 Å². The number of fused-ring (bicyclic) bond motifs is 1. The van der Waals surface area contributed by atoms with Crippen LogP contribution in [0, 0.1) is 0 Å². The Bertz CT molecular complexity index is 327. The molecule has 2 rings (SSSR count). The van der Waals surface area contributed by atoms with Gasteiger partial charge in [-0.3, -0.25) is 4.99 Å². The molecule has 1 aliphatic rings. The highest BCUT2D eigenvalue weighted by molar-refractivity contribution is 7.12. The third-order valence-electron chi connectivity index (χ3n) is 2.38. The molecule has 0 fully saturated rings. The standard InChI is InChI=1S/C10H14N2S/c1-2-3-8-6-7-4-5-13-9(7)10(11)12-8/h4-5,8H,2-3,6H2,1H3,(H2,11,12). The molecular weight excluding hydrogens is 180 g/mol. The summed E-state index contributed by atoms with van der Waals surface area (Å²) in [5, 5.41) is 2.10. The van der Waals surface area contributed by atoms with E-state index in [4.69, 9.17) is 5.73 Å². The topological polar surface area (TPSA) is 38.4 Å². The van der Waals surface area contributed by atoms with Gasteiger partial charge in [-0.2, -0.15) is 0 Å². The molecule has 0 spiro atoms. The lowest BCUT2D eigenvalue weighted by Crippen LogP contribution is -2.24. The number of nitrogens with two attached hydrogens (primary N) is 1. The van der Waals surface area contributed by atoms with Crippen molar-refractivity contribution in [2.24, 2.45) is 10.7 Å². The molecule has 70 valence electrons. The van der Waals surface area contributed by atoms with E-state index in [1.54, 1.807) is 11.3 Å². The van der Waals surface area contributed by atoms with Crippen molar-refractivity contribution in [3.05, 3.63) is 21.9 Å². The van der Waals surface area contributed by atoms with E-state index in [2.05, 4.69) is 23.4 Å². The van der Waals surface area contributed by atoms with Gasteiger partial charge in [-0.1, -0.05) is 13.3 Å². The summed E-state index contributed by atoms with van der Waals surface area (Å²) in [6.07, 6.45) is 3.41. The van der Waals surface area contributed by atoms with Crippen LogP contribution in [0.1, 0.15) is 30.2 Å². The minimum atomic E-state index is 0.423. The van der Waals surface area contributed by atoms with Gasteiger partial charge in [0.05, 0.1) is 10.9 Å². The number of hydrogen-bond donors (Lipinski definition) is 1. The van der Waals surface area contributed by atoms with Crippen molar-refractivity contribution in [2.75, 3.05) is 0 Å². The maximum atomic E-state index is 5.87. The van der Waals surface area contributed by atoms with Crippen molar-refractivity contribution in [3.8, 4) is 0 Å². The van der Waals surface area contributed by atoms with Crippen molar-refractivity contribution in [1.82, 2.24) is 0 Å². The molecule has 0 aliphatic carbocycles. The number of rotatable bonds is 2.